The van der Waals surface area contributed by atoms with Gasteiger partial charge >= 0.3 is 0 Å². The molecule has 3 heterocycles. The monoisotopic (exact) mass is 740 g/mol. The number of hydrogen-bond donors (Lipinski definition) is 0. The van der Waals surface area contributed by atoms with E-state index in [9.17, 15) is 2.74 Å². The van der Waals surface area contributed by atoms with Crippen molar-refractivity contribution in [3.63, 3.8) is 0 Å². The van der Waals surface area contributed by atoms with Gasteiger partial charge < -0.3 is 4.57 Å². The first-order valence-electron chi connectivity index (χ1n) is 22.1. The molecule has 0 spiro atoms. The number of rotatable bonds is 6. The molecule has 5 heteroatoms. The fourth-order valence-corrected chi connectivity index (χ4v) is 8.70. The van der Waals surface area contributed by atoms with E-state index in [2.05, 4.69) is 30.3 Å². The van der Waals surface area contributed by atoms with Gasteiger partial charge in [0.1, 0.15) is 0 Å². The molecular weight excluding hydrogens is 701 g/mol. The van der Waals surface area contributed by atoms with E-state index in [1.807, 2.05) is 115 Å². The van der Waals surface area contributed by atoms with Crippen molar-refractivity contribution in [2.24, 2.45) is 0 Å². The SMILES string of the molecule is [2H]c1c([2H])c([2H])c2c(c1[2H])c1c([2H])c([2H])c([2H])c([2H])c1n2-c1ccc(-c2ccccc2-c2ccccc2)cc1-c1nc(-c2ccccc2)nc(-c2ccc3c(c2)sc2ccccc23)n1. The molecule has 8 aromatic carbocycles. The van der Waals surface area contributed by atoms with Gasteiger partial charge in [-0.15, -0.1) is 11.3 Å². The van der Waals surface area contributed by atoms with Crippen LogP contribution in [0, 0.1) is 0 Å². The van der Waals surface area contributed by atoms with E-state index in [0.717, 1.165) is 53.6 Å². The molecule has 0 bridgehead atoms. The van der Waals surface area contributed by atoms with Gasteiger partial charge in [0.2, 0.25) is 0 Å². The quantitative estimate of drug-likeness (QED) is 0.170. The van der Waals surface area contributed by atoms with Crippen molar-refractivity contribution in [2.75, 3.05) is 0 Å². The Bertz CT molecular complexity index is 3640. The Labute approximate surface area is 338 Å². The number of thiophene rings is 1. The summed E-state index contributed by atoms with van der Waals surface area (Å²) in [6.07, 6.45) is 0. The zero-order valence-electron chi connectivity index (χ0n) is 37.6. The highest BCUT2D eigenvalue weighted by molar-refractivity contribution is 7.25. The topological polar surface area (TPSA) is 43.6 Å². The summed E-state index contributed by atoms with van der Waals surface area (Å²) in [4.78, 5) is 15.4. The van der Waals surface area contributed by atoms with Crippen LogP contribution in [0.4, 0.5) is 0 Å². The molecule has 11 aromatic rings. The van der Waals surface area contributed by atoms with Crippen molar-refractivity contribution in [3.05, 3.63) is 194 Å². The second-order valence-corrected chi connectivity index (χ2v) is 14.5. The Balaban J connectivity index is 1.27. The van der Waals surface area contributed by atoms with Gasteiger partial charge in [-0.05, 0) is 58.6 Å². The summed E-state index contributed by atoms with van der Waals surface area (Å²) in [5.74, 6) is 1.03. The van der Waals surface area contributed by atoms with Crippen LogP contribution in [0.2, 0.25) is 0 Å². The Kier molecular flexibility index (Phi) is 5.92. The van der Waals surface area contributed by atoms with E-state index >= 15 is 0 Å². The summed E-state index contributed by atoms with van der Waals surface area (Å²) in [5.41, 5.74) is 5.94. The van der Waals surface area contributed by atoms with Crippen molar-refractivity contribution in [1.29, 1.82) is 0 Å². The average molecular weight is 741 g/mol. The van der Waals surface area contributed by atoms with E-state index in [1.54, 1.807) is 11.3 Å². The number of para-hydroxylation sites is 2. The van der Waals surface area contributed by atoms with Gasteiger partial charge in [-0.3, -0.25) is 0 Å². The molecule has 0 aliphatic heterocycles. The summed E-state index contributed by atoms with van der Waals surface area (Å²) >= 11 is 1.68. The Morgan fingerprint density at radius 1 is 0.393 bits per heavy atom. The maximum atomic E-state index is 9.30. The third kappa shape index (κ3) is 5.40. The molecule has 0 saturated heterocycles. The second-order valence-electron chi connectivity index (χ2n) is 13.4. The second kappa shape index (κ2) is 13.3. The van der Waals surface area contributed by atoms with E-state index in [4.69, 9.17) is 23.2 Å². The van der Waals surface area contributed by atoms with Crippen LogP contribution in [-0.2, 0) is 0 Å². The summed E-state index contributed by atoms with van der Waals surface area (Å²) in [6, 6.07) is 44.1. The molecule has 11 rings (SSSR count). The van der Waals surface area contributed by atoms with E-state index in [0.29, 0.717) is 22.9 Å². The molecule has 4 nitrogen and oxygen atoms in total. The number of aromatic nitrogens is 4. The fourth-order valence-electron chi connectivity index (χ4n) is 7.55. The molecule has 0 atom stereocenters. The van der Waals surface area contributed by atoms with Crippen molar-refractivity contribution < 1.29 is 11.0 Å². The molecule has 262 valence electrons. The predicted molar refractivity (Wildman–Crippen MR) is 234 cm³/mol. The molecule has 0 radical (unpaired) electrons. The van der Waals surface area contributed by atoms with Gasteiger partial charge in [-0.1, -0.05) is 158 Å². The Hall–Kier alpha value is -7.21. The van der Waals surface area contributed by atoms with Crippen LogP contribution in [0.5, 0.6) is 0 Å². The molecule has 0 saturated carbocycles. The maximum absolute atomic E-state index is 9.30. The maximum Gasteiger partial charge on any atom is 0.166 e. The van der Waals surface area contributed by atoms with E-state index in [1.165, 1.54) is 4.57 Å². The van der Waals surface area contributed by atoms with Gasteiger partial charge in [-0.25, -0.2) is 15.0 Å². The zero-order chi connectivity index (χ0) is 44.0. The highest BCUT2D eigenvalue weighted by atomic mass is 32.1. The fraction of sp³-hybridized carbons (Fsp3) is 0. The van der Waals surface area contributed by atoms with Crippen molar-refractivity contribution >= 4 is 53.3 Å². The smallest absolute Gasteiger partial charge is 0.166 e. The molecule has 0 aliphatic rings. The van der Waals surface area contributed by atoms with Crippen molar-refractivity contribution in [1.82, 2.24) is 19.5 Å². The lowest BCUT2D eigenvalue weighted by Gasteiger charge is -2.17. The molecule has 56 heavy (non-hydrogen) atoms. The molecule has 0 amide bonds. The lowest BCUT2D eigenvalue weighted by Crippen LogP contribution is -2.04. The molecule has 0 unspecified atom stereocenters. The Morgan fingerprint density at radius 2 is 0.946 bits per heavy atom. The molecule has 0 aliphatic carbocycles. The normalized spacial score (nSPS) is 13.6. The minimum Gasteiger partial charge on any atom is -0.309 e. The number of benzene rings is 8. The highest BCUT2D eigenvalue weighted by Gasteiger charge is 2.21. The van der Waals surface area contributed by atoms with Crippen LogP contribution >= 0.6 is 11.3 Å². The molecule has 3 aromatic heterocycles. The Morgan fingerprint density at radius 3 is 1.68 bits per heavy atom. The average Bonchev–Trinajstić information content (AvgIpc) is 3.90. The summed E-state index contributed by atoms with van der Waals surface area (Å²) < 4.78 is 75.4. The zero-order valence-corrected chi connectivity index (χ0v) is 30.4. The van der Waals surface area contributed by atoms with Crippen LogP contribution in [-0.4, -0.2) is 19.5 Å². The lowest BCUT2D eigenvalue weighted by molar-refractivity contribution is 1.07. The van der Waals surface area contributed by atoms with Gasteiger partial charge in [-0.2, -0.15) is 0 Å². The third-order valence-electron chi connectivity index (χ3n) is 10.1. The van der Waals surface area contributed by atoms with Crippen LogP contribution in [0.1, 0.15) is 11.0 Å². The van der Waals surface area contributed by atoms with Gasteiger partial charge in [0.15, 0.2) is 17.5 Å². The number of nitrogens with zero attached hydrogens (tertiary/aromatic N) is 4. The minimum absolute atomic E-state index is 0.000499. The first-order valence-corrected chi connectivity index (χ1v) is 18.9. The summed E-state index contributed by atoms with van der Waals surface area (Å²) in [7, 11) is 0. The highest BCUT2D eigenvalue weighted by Crippen LogP contribution is 2.41. The van der Waals surface area contributed by atoms with E-state index in [-0.39, 0.29) is 27.6 Å². The van der Waals surface area contributed by atoms with Crippen LogP contribution in [0.3, 0.4) is 0 Å². The largest absolute Gasteiger partial charge is 0.309 e. The minimum atomic E-state index is -0.512. The summed E-state index contributed by atoms with van der Waals surface area (Å²) in [5, 5.41) is 2.25. The predicted octanol–water partition coefficient (Wildman–Crippen LogP) is 13.7. The van der Waals surface area contributed by atoms with Crippen LogP contribution in [0.15, 0.2) is 194 Å². The standard InChI is InChI=1S/C51H32N4S/c1-3-15-33(16-4-1)37-19-7-8-20-38(37)35-28-30-46(55-44-24-12-9-21-39(44)40-22-10-13-25-45(40)55)43(31-35)51-53-49(34-17-5-2-6-18-34)52-50(54-51)36-27-29-42-41-23-11-14-26-47(41)56-48(42)32-36/h1-32H/i9D,10D,12D,13D,21D,22D,24D,25D. The van der Waals surface area contributed by atoms with Crippen LogP contribution < -0.4 is 0 Å². The molecular formula is C51H32N4S. The summed E-state index contributed by atoms with van der Waals surface area (Å²) in [6.45, 7) is 0. The molecule has 0 fully saturated rings. The van der Waals surface area contributed by atoms with Gasteiger partial charge in [0, 0.05) is 47.6 Å². The van der Waals surface area contributed by atoms with Crippen molar-refractivity contribution in [3.8, 4) is 62.1 Å². The lowest BCUT2D eigenvalue weighted by atomic mass is 9.93. The first kappa shape index (κ1) is 25.0. The van der Waals surface area contributed by atoms with Gasteiger partial charge in [0.05, 0.1) is 27.7 Å². The van der Waals surface area contributed by atoms with E-state index < -0.39 is 48.3 Å². The van der Waals surface area contributed by atoms with Crippen molar-refractivity contribution in [2.45, 2.75) is 0 Å². The number of hydrogen-bond acceptors (Lipinski definition) is 4. The van der Waals surface area contributed by atoms with Crippen LogP contribution in [0.25, 0.3) is 104 Å². The third-order valence-corrected chi connectivity index (χ3v) is 11.3. The first-order chi connectivity index (χ1) is 31.1. The molecule has 0 N–H and O–H groups in total. The van der Waals surface area contributed by atoms with Gasteiger partial charge in [0.25, 0.3) is 0 Å². The number of fused-ring (bicyclic) bond motifs is 6.